The second-order valence-electron chi connectivity index (χ2n) is 5.89. The first-order valence-corrected chi connectivity index (χ1v) is 8.14. The average Bonchev–Trinajstić information content (AvgIpc) is 2.48. The molecule has 122 valence electrons. The van der Waals surface area contributed by atoms with Crippen LogP contribution < -0.4 is 10.6 Å². The van der Waals surface area contributed by atoms with Crippen LogP contribution in [0.2, 0.25) is 0 Å². The number of halogens is 2. The minimum Gasteiger partial charge on any atom is -0.361 e. The van der Waals surface area contributed by atoms with Gasteiger partial charge in [0.05, 0.1) is 5.69 Å². The lowest BCUT2D eigenvalue weighted by molar-refractivity contribution is 0.116. The number of nitrogens with one attached hydrogen (secondary N) is 2. The smallest absolute Gasteiger partial charge is 0.170 e. The maximum absolute atomic E-state index is 13.6. The van der Waals surface area contributed by atoms with Crippen molar-refractivity contribution in [3.05, 3.63) is 29.8 Å². The highest BCUT2D eigenvalue weighted by atomic mass is 32.1. The third-order valence-corrected chi connectivity index (χ3v) is 4.40. The van der Waals surface area contributed by atoms with Crippen molar-refractivity contribution in [2.75, 3.05) is 18.4 Å². The van der Waals surface area contributed by atoms with E-state index in [0.717, 1.165) is 12.6 Å². The van der Waals surface area contributed by atoms with E-state index in [-0.39, 0.29) is 5.69 Å². The predicted octanol–water partition coefficient (Wildman–Crippen LogP) is 3.51. The van der Waals surface area contributed by atoms with Gasteiger partial charge in [0.15, 0.2) is 5.11 Å². The van der Waals surface area contributed by atoms with Gasteiger partial charge < -0.3 is 10.6 Å². The summed E-state index contributed by atoms with van der Waals surface area (Å²) >= 11 is 5.18. The summed E-state index contributed by atoms with van der Waals surface area (Å²) in [4.78, 5) is 2.47. The van der Waals surface area contributed by atoms with Crippen molar-refractivity contribution < 1.29 is 8.78 Å². The van der Waals surface area contributed by atoms with E-state index < -0.39 is 11.6 Å². The Labute approximate surface area is 136 Å². The van der Waals surface area contributed by atoms with Gasteiger partial charge >= 0.3 is 0 Å². The summed E-state index contributed by atoms with van der Waals surface area (Å²) < 4.78 is 26.4. The molecular weight excluding hydrogens is 304 g/mol. The maximum atomic E-state index is 13.6. The molecule has 1 aromatic carbocycles. The first-order valence-electron chi connectivity index (χ1n) is 7.73. The van der Waals surface area contributed by atoms with Crippen LogP contribution in [0.4, 0.5) is 14.5 Å². The molecule has 1 aromatic rings. The highest BCUT2D eigenvalue weighted by Crippen LogP contribution is 2.19. The van der Waals surface area contributed by atoms with Crippen LogP contribution in [0, 0.1) is 11.6 Å². The van der Waals surface area contributed by atoms with Gasteiger partial charge in [-0.2, -0.15) is 0 Å². The number of rotatable bonds is 4. The second kappa shape index (κ2) is 7.83. The molecule has 0 aromatic heterocycles. The van der Waals surface area contributed by atoms with E-state index >= 15 is 0 Å². The van der Waals surface area contributed by atoms with Gasteiger partial charge in [-0.15, -0.1) is 0 Å². The van der Waals surface area contributed by atoms with Crippen molar-refractivity contribution in [2.45, 2.75) is 45.2 Å². The fraction of sp³-hybridized carbons (Fsp3) is 0.562. The number of thiocarbonyl (C=S) groups is 1. The number of hydrogen-bond donors (Lipinski definition) is 2. The Hall–Kier alpha value is -1.27. The Kier molecular flexibility index (Phi) is 6.08. The fourth-order valence-corrected chi connectivity index (χ4v) is 3.08. The van der Waals surface area contributed by atoms with E-state index in [9.17, 15) is 8.78 Å². The Morgan fingerprint density at radius 2 is 2.18 bits per heavy atom. The van der Waals surface area contributed by atoms with E-state index in [1.54, 1.807) is 0 Å². The first-order chi connectivity index (χ1) is 10.5. The van der Waals surface area contributed by atoms with E-state index in [2.05, 4.69) is 29.4 Å². The van der Waals surface area contributed by atoms with Gasteiger partial charge in [-0.1, -0.05) is 6.42 Å². The largest absolute Gasteiger partial charge is 0.361 e. The van der Waals surface area contributed by atoms with Crippen LogP contribution >= 0.6 is 12.2 Å². The third kappa shape index (κ3) is 4.61. The Balaban J connectivity index is 1.82. The highest BCUT2D eigenvalue weighted by molar-refractivity contribution is 7.80. The van der Waals surface area contributed by atoms with Crippen molar-refractivity contribution in [1.29, 1.82) is 0 Å². The first kappa shape index (κ1) is 17.1. The van der Waals surface area contributed by atoms with Crippen LogP contribution in [0.3, 0.4) is 0 Å². The minimum atomic E-state index is -0.651. The SMILES string of the molecule is C[C@@H]1CCCCN1[C@@H](C)CNC(=S)Nc1ccc(F)cc1F. The molecule has 0 aliphatic carbocycles. The molecule has 0 spiro atoms. The molecular formula is C16H23F2N3S. The van der Waals surface area contributed by atoms with E-state index in [1.807, 2.05) is 0 Å². The monoisotopic (exact) mass is 327 g/mol. The molecule has 1 saturated heterocycles. The van der Waals surface area contributed by atoms with E-state index in [4.69, 9.17) is 12.2 Å². The zero-order valence-corrected chi connectivity index (χ0v) is 13.9. The Morgan fingerprint density at radius 1 is 1.41 bits per heavy atom. The van der Waals surface area contributed by atoms with Gasteiger partial charge in [-0.05, 0) is 57.6 Å². The molecule has 0 radical (unpaired) electrons. The lowest BCUT2D eigenvalue weighted by atomic mass is 10.0. The van der Waals surface area contributed by atoms with E-state index in [0.29, 0.717) is 23.7 Å². The number of piperidine rings is 1. The summed E-state index contributed by atoms with van der Waals surface area (Å²) in [5.74, 6) is -1.25. The molecule has 2 atom stereocenters. The van der Waals surface area contributed by atoms with Crippen LogP contribution in [-0.2, 0) is 0 Å². The van der Waals surface area contributed by atoms with Gasteiger partial charge in [0.1, 0.15) is 11.6 Å². The zero-order chi connectivity index (χ0) is 16.1. The Morgan fingerprint density at radius 3 is 2.86 bits per heavy atom. The predicted molar refractivity (Wildman–Crippen MR) is 90.1 cm³/mol. The summed E-state index contributed by atoms with van der Waals surface area (Å²) in [6, 6.07) is 4.32. The number of hydrogen-bond acceptors (Lipinski definition) is 2. The molecule has 1 heterocycles. The molecule has 1 fully saturated rings. The molecule has 6 heteroatoms. The van der Waals surface area contributed by atoms with Crippen LogP contribution in [0.1, 0.15) is 33.1 Å². The standard InChI is InChI=1S/C16H23F2N3S/c1-11-5-3-4-8-21(11)12(2)10-19-16(22)20-15-7-6-13(17)9-14(15)18/h6-7,9,11-12H,3-5,8,10H2,1-2H3,(H2,19,20,22)/t11-,12+/m1/s1. The molecule has 2 N–H and O–H groups in total. The number of anilines is 1. The topological polar surface area (TPSA) is 27.3 Å². The average molecular weight is 327 g/mol. The van der Waals surface area contributed by atoms with Crippen molar-refractivity contribution in [1.82, 2.24) is 10.2 Å². The van der Waals surface area contributed by atoms with Gasteiger partial charge in [-0.3, -0.25) is 4.90 Å². The molecule has 0 amide bonds. The number of nitrogens with zero attached hydrogens (tertiary/aromatic N) is 1. The van der Waals surface area contributed by atoms with Crippen LogP contribution in [0.15, 0.2) is 18.2 Å². The van der Waals surface area contributed by atoms with Crippen LogP contribution in [0.25, 0.3) is 0 Å². The molecule has 0 unspecified atom stereocenters. The number of likely N-dealkylation sites (tertiary alicyclic amines) is 1. The van der Waals surface area contributed by atoms with Gasteiger partial charge in [-0.25, -0.2) is 8.78 Å². The summed E-state index contributed by atoms with van der Waals surface area (Å²) in [5, 5.41) is 6.22. The molecule has 3 nitrogen and oxygen atoms in total. The van der Waals surface area contributed by atoms with Crippen LogP contribution in [-0.4, -0.2) is 35.2 Å². The van der Waals surface area contributed by atoms with E-state index in [1.165, 1.54) is 31.4 Å². The normalized spacial score (nSPS) is 20.5. The van der Waals surface area contributed by atoms with Crippen molar-refractivity contribution in [2.24, 2.45) is 0 Å². The minimum absolute atomic E-state index is 0.179. The fourth-order valence-electron chi connectivity index (χ4n) is 2.89. The maximum Gasteiger partial charge on any atom is 0.170 e. The molecule has 22 heavy (non-hydrogen) atoms. The molecule has 0 bridgehead atoms. The molecule has 2 rings (SSSR count). The van der Waals surface area contributed by atoms with Crippen molar-refractivity contribution in [3.8, 4) is 0 Å². The molecule has 1 aliphatic rings. The zero-order valence-electron chi connectivity index (χ0n) is 13.0. The summed E-state index contributed by atoms with van der Waals surface area (Å²) in [5.41, 5.74) is 0.179. The summed E-state index contributed by atoms with van der Waals surface area (Å²) in [6.45, 7) is 6.21. The molecule has 0 saturated carbocycles. The summed E-state index contributed by atoms with van der Waals surface area (Å²) in [7, 11) is 0. The lowest BCUT2D eigenvalue weighted by Gasteiger charge is -2.38. The van der Waals surface area contributed by atoms with Crippen LogP contribution in [0.5, 0.6) is 0 Å². The van der Waals surface area contributed by atoms with Crippen molar-refractivity contribution >= 4 is 23.0 Å². The second-order valence-corrected chi connectivity index (χ2v) is 6.30. The third-order valence-electron chi connectivity index (χ3n) is 4.16. The van der Waals surface area contributed by atoms with Crippen molar-refractivity contribution in [3.63, 3.8) is 0 Å². The highest BCUT2D eigenvalue weighted by Gasteiger charge is 2.22. The van der Waals surface area contributed by atoms with Gasteiger partial charge in [0.2, 0.25) is 0 Å². The molecule has 1 aliphatic heterocycles. The number of benzene rings is 1. The van der Waals surface area contributed by atoms with Gasteiger partial charge in [0.25, 0.3) is 0 Å². The lowest BCUT2D eigenvalue weighted by Crippen LogP contribution is -2.49. The summed E-state index contributed by atoms with van der Waals surface area (Å²) in [6.07, 6.45) is 3.76. The van der Waals surface area contributed by atoms with Gasteiger partial charge in [0, 0.05) is 24.7 Å². The Bertz CT molecular complexity index is 524. The quantitative estimate of drug-likeness (QED) is 0.828.